The fourth-order valence-electron chi connectivity index (χ4n) is 1.78. The molecule has 1 aliphatic carbocycles. The molecule has 0 saturated carbocycles. The summed E-state index contributed by atoms with van der Waals surface area (Å²) in [6, 6.07) is 0. The molecule has 1 rings (SSSR count). The van der Waals surface area contributed by atoms with Gasteiger partial charge in [-0.2, -0.15) is 0 Å². The zero-order chi connectivity index (χ0) is 13.8. The summed E-state index contributed by atoms with van der Waals surface area (Å²) in [5.74, 6) is 6.03. The second kappa shape index (κ2) is 10.8. The van der Waals surface area contributed by atoms with Gasteiger partial charge in [-0.05, 0) is 19.3 Å². The highest BCUT2D eigenvalue weighted by Gasteiger charge is 2.09. The molecule has 0 aromatic carbocycles. The molecule has 0 radical (unpaired) electrons. The van der Waals surface area contributed by atoms with Gasteiger partial charge < -0.3 is 20.5 Å². The summed E-state index contributed by atoms with van der Waals surface area (Å²) >= 11 is 0. The summed E-state index contributed by atoms with van der Waals surface area (Å²) in [7, 11) is 0. The first-order valence-corrected chi connectivity index (χ1v) is 6.97. The molecule has 0 bridgehead atoms. The molecule has 1 aliphatic rings. The van der Waals surface area contributed by atoms with E-state index in [9.17, 15) is 4.79 Å². The Labute approximate surface area is 115 Å². The molecular formula is C14H24N2O3. The van der Waals surface area contributed by atoms with E-state index in [1.807, 2.05) is 0 Å². The molecule has 1 atom stereocenters. The fraction of sp³-hybridized carbons (Fsp3) is 0.786. The van der Waals surface area contributed by atoms with E-state index in [4.69, 9.17) is 15.2 Å². The van der Waals surface area contributed by atoms with Crippen molar-refractivity contribution in [1.82, 2.24) is 5.32 Å². The van der Waals surface area contributed by atoms with E-state index >= 15 is 0 Å². The zero-order valence-corrected chi connectivity index (χ0v) is 11.5. The quantitative estimate of drug-likeness (QED) is 0.494. The number of amides is 1. The van der Waals surface area contributed by atoms with Crippen molar-refractivity contribution in [1.29, 1.82) is 0 Å². The Morgan fingerprint density at radius 1 is 1.32 bits per heavy atom. The lowest BCUT2D eigenvalue weighted by molar-refractivity contribution is -0.127. The third-order valence-corrected chi connectivity index (χ3v) is 2.78. The Balaban J connectivity index is 2.08. The van der Waals surface area contributed by atoms with E-state index in [2.05, 4.69) is 17.2 Å². The Morgan fingerprint density at radius 2 is 2.21 bits per heavy atom. The van der Waals surface area contributed by atoms with E-state index in [-0.39, 0.29) is 18.6 Å². The maximum absolute atomic E-state index is 11.5. The molecule has 5 nitrogen and oxygen atoms in total. The molecule has 19 heavy (non-hydrogen) atoms. The lowest BCUT2D eigenvalue weighted by atomic mass is 10.1. The van der Waals surface area contributed by atoms with Crippen LogP contribution in [-0.2, 0) is 14.3 Å². The summed E-state index contributed by atoms with van der Waals surface area (Å²) in [6.45, 7) is 2.04. The molecule has 0 heterocycles. The van der Waals surface area contributed by atoms with Crippen molar-refractivity contribution in [2.24, 2.45) is 5.73 Å². The first kappa shape index (κ1) is 16.0. The first-order valence-electron chi connectivity index (χ1n) is 6.97. The highest BCUT2D eigenvalue weighted by Crippen LogP contribution is 2.10. The van der Waals surface area contributed by atoms with E-state index in [1.165, 1.54) is 12.8 Å². The monoisotopic (exact) mass is 268 g/mol. The van der Waals surface area contributed by atoms with Gasteiger partial charge in [0, 0.05) is 19.5 Å². The van der Waals surface area contributed by atoms with Crippen LogP contribution in [0.25, 0.3) is 0 Å². The van der Waals surface area contributed by atoms with Crippen molar-refractivity contribution in [3.63, 3.8) is 0 Å². The van der Waals surface area contributed by atoms with E-state index in [0.29, 0.717) is 26.3 Å². The van der Waals surface area contributed by atoms with Gasteiger partial charge >= 0.3 is 0 Å². The highest BCUT2D eigenvalue weighted by atomic mass is 16.5. The van der Waals surface area contributed by atoms with Crippen molar-refractivity contribution in [3.05, 3.63) is 0 Å². The van der Waals surface area contributed by atoms with Crippen molar-refractivity contribution in [2.75, 3.05) is 32.9 Å². The maximum Gasteiger partial charge on any atom is 0.246 e. The van der Waals surface area contributed by atoms with Gasteiger partial charge in [0.05, 0.1) is 13.2 Å². The van der Waals surface area contributed by atoms with Gasteiger partial charge in [-0.25, -0.2) is 0 Å². The van der Waals surface area contributed by atoms with Gasteiger partial charge in [0.15, 0.2) is 0 Å². The van der Waals surface area contributed by atoms with E-state index < -0.39 is 0 Å². The SMILES string of the molecule is NCCOCCNC(=O)COC1C#CCCCCC1. The van der Waals surface area contributed by atoms with Crippen LogP contribution >= 0.6 is 0 Å². The Morgan fingerprint density at radius 3 is 3.05 bits per heavy atom. The molecule has 1 unspecified atom stereocenters. The van der Waals surface area contributed by atoms with E-state index in [1.54, 1.807) is 0 Å². The van der Waals surface area contributed by atoms with Gasteiger partial charge in [-0.3, -0.25) is 4.79 Å². The number of nitrogens with two attached hydrogens (primary N) is 1. The van der Waals surface area contributed by atoms with Crippen LogP contribution in [0.4, 0.5) is 0 Å². The van der Waals surface area contributed by atoms with Crippen molar-refractivity contribution < 1.29 is 14.3 Å². The number of ether oxygens (including phenoxy) is 2. The third-order valence-electron chi connectivity index (χ3n) is 2.78. The lowest BCUT2D eigenvalue weighted by Crippen LogP contribution is -2.32. The number of rotatable bonds is 8. The van der Waals surface area contributed by atoms with Gasteiger partial charge in [0.25, 0.3) is 0 Å². The second-order valence-corrected chi connectivity index (χ2v) is 4.47. The molecule has 0 aromatic rings. The number of hydrogen-bond acceptors (Lipinski definition) is 4. The van der Waals surface area contributed by atoms with Crippen LogP contribution in [-0.4, -0.2) is 44.9 Å². The minimum Gasteiger partial charge on any atom is -0.378 e. The average molecular weight is 268 g/mol. The Kier molecular flexibility index (Phi) is 9.07. The zero-order valence-electron chi connectivity index (χ0n) is 11.5. The largest absolute Gasteiger partial charge is 0.378 e. The standard InChI is InChI=1S/C14H24N2O3/c15-8-10-18-11-9-16-14(17)12-19-13-6-4-2-1-3-5-7-13/h13H,1-4,6,8-12,15H2,(H,16,17). The van der Waals surface area contributed by atoms with Crippen LogP contribution in [0.1, 0.15) is 32.1 Å². The minimum atomic E-state index is -0.125. The summed E-state index contributed by atoms with van der Waals surface area (Å²) < 4.78 is 10.7. The average Bonchev–Trinajstić information content (AvgIpc) is 2.37. The number of nitrogens with one attached hydrogen (secondary N) is 1. The van der Waals surface area contributed by atoms with Crippen molar-refractivity contribution in [2.45, 2.75) is 38.2 Å². The molecule has 5 heteroatoms. The first-order chi connectivity index (χ1) is 9.33. The number of hydrogen-bond donors (Lipinski definition) is 2. The van der Waals surface area contributed by atoms with Crippen LogP contribution in [0.5, 0.6) is 0 Å². The molecule has 0 spiro atoms. The number of carbonyl (C=O) groups is 1. The van der Waals surface area contributed by atoms with Crippen LogP contribution in [0.15, 0.2) is 0 Å². The third kappa shape index (κ3) is 8.60. The topological polar surface area (TPSA) is 73.6 Å². The van der Waals surface area contributed by atoms with Gasteiger partial charge in [0.1, 0.15) is 12.7 Å². The van der Waals surface area contributed by atoms with Crippen molar-refractivity contribution >= 4 is 5.91 Å². The normalized spacial score (nSPS) is 18.9. The van der Waals surface area contributed by atoms with Crippen molar-refractivity contribution in [3.8, 4) is 11.8 Å². The van der Waals surface area contributed by atoms with Gasteiger partial charge in [0.2, 0.25) is 5.91 Å². The predicted molar refractivity (Wildman–Crippen MR) is 73.5 cm³/mol. The van der Waals surface area contributed by atoms with Crippen LogP contribution in [0, 0.1) is 11.8 Å². The Hall–Kier alpha value is -1.09. The molecule has 0 saturated heterocycles. The molecule has 1 amide bonds. The van der Waals surface area contributed by atoms with Gasteiger partial charge in [-0.1, -0.05) is 12.3 Å². The molecular weight excluding hydrogens is 244 g/mol. The summed E-state index contributed by atoms with van der Waals surface area (Å²) in [4.78, 5) is 11.5. The molecule has 3 N–H and O–H groups in total. The molecule has 0 fully saturated rings. The van der Waals surface area contributed by atoms with Crippen LogP contribution in [0.2, 0.25) is 0 Å². The lowest BCUT2D eigenvalue weighted by Gasteiger charge is -2.13. The molecule has 108 valence electrons. The molecule has 0 aliphatic heterocycles. The fourth-order valence-corrected chi connectivity index (χ4v) is 1.78. The summed E-state index contributed by atoms with van der Waals surface area (Å²) in [5, 5.41) is 2.73. The summed E-state index contributed by atoms with van der Waals surface area (Å²) in [5.41, 5.74) is 5.28. The molecule has 0 aromatic heterocycles. The minimum absolute atomic E-state index is 0.0657. The second-order valence-electron chi connectivity index (χ2n) is 4.47. The highest BCUT2D eigenvalue weighted by molar-refractivity contribution is 5.77. The smallest absolute Gasteiger partial charge is 0.246 e. The maximum atomic E-state index is 11.5. The van der Waals surface area contributed by atoms with E-state index in [0.717, 1.165) is 19.3 Å². The van der Waals surface area contributed by atoms with Crippen LogP contribution in [0.3, 0.4) is 0 Å². The predicted octanol–water partition coefficient (Wildman–Crippen LogP) is 0.431. The summed E-state index contributed by atoms with van der Waals surface area (Å²) in [6.07, 6.45) is 5.24. The Bertz CT molecular complexity index is 310. The van der Waals surface area contributed by atoms with Crippen LogP contribution < -0.4 is 11.1 Å². The number of carbonyl (C=O) groups excluding carboxylic acids is 1. The van der Waals surface area contributed by atoms with Gasteiger partial charge in [-0.15, -0.1) is 5.92 Å².